The summed E-state index contributed by atoms with van der Waals surface area (Å²) in [5.74, 6) is -0.505. The molecule has 1 heterocycles. The summed E-state index contributed by atoms with van der Waals surface area (Å²) in [7, 11) is 0. The number of nitrogens with zero attached hydrogens (tertiary/aromatic N) is 1. The molecule has 0 spiro atoms. The number of fused-ring (bicyclic) bond motifs is 1. The van der Waals surface area contributed by atoms with Gasteiger partial charge in [0.1, 0.15) is 0 Å². The van der Waals surface area contributed by atoms with E-state index in [1.54, 1.807) is 12.1 Å². The van der Waals surface area contributed by atoms with Crippen LogP contribution in [0.1, 0.15) is 12.0 Å². The van der Waals surface area contributed by atoms with Gasteiger partial charge in [0.05, 0.1) is 17.2 Å². The van der Waals surface area contributed by atoms with Crippen LogP contribution in [0, 0.1) is 0 Å². The number of hydrazone groups is 1. The van der Waals surface area contributed by atoms with Crippen LogP contribution in [0.15, 0.2) is 58.5 Å². The highest BCUT2D eigenvalue weighted by Gasteiger charge is 2.28. The number of benzene rings is 2. The van der Waals surface area contributed by atoms with Gasteiger partial charge < -0.3 is 5.32 Å². The van der Waals surface area contributed by atoms with Gasteiger partial charge in [-0.15, -0.1) is 11.8 Å². The average molecular weight is 360 g/mol. The second-order valence-electron chi connectivity index (χ2n) is 5.11. The molecule has 2 amide bonds. The zero-order valence-electron chi connectivity index (χ0n) is 12.5. The minimum atomic E-state index is -0.476. The van der Waals surface area contributed by atoms with Crippen molar-refractivity contribution in [3.05, 3.63) is 59.1 Å². The summed E-state index contributed by atoms with van der Waals surface area (Å²) in [6.45, 7) is 0. The molecule has 122 valence electrons. The van der Waals surface area contributed by atoms with Crippen molar-refractivity contribution in [3.63, 3.8) is 0 Å². The molecule has 3 rings (SSSR count). The topological polar surface area (TPSA) is 70.6 Å². The molecule has 2 aromatic rings. The van der Waals surface area contributed by atoms with Gasteiger partial charge in [-0.2, -0.15) is 5.10 Å². The van der Waals surface area contributed by atoms with E-state index in [9.17, 15) is 9.59 Å². The number of nitrogens with one attached hydrogen (secondary N) is 2. The zero-order chi connectivity index (χ0) is 16.9. The summed E-state index contributed by atoms with van der Waals surface area (Å²) in [6.07, 6.45) is 1.52. The standard InChI is InChI=1S/C17H14ClN3O2S/c18-12-6-2-1-5-11(12)10-19-21-16(22)9-15-17(23)20-13-7-3-4-8-14(13)24-15/h1-8,10,15H,9H2,(H,20,23)(H,21,22)/b19-10-/t15-/m0/s1. The smallest absolute Gasteiger partial charge is 0.241 e. The molecule has 7 heteroatoms. The number of amides is 2. The molecule has 24 heavy (non-hydrogen) atoms. The molecule has 0 radical (unpaired) electrons. The fourth-order valence-corrected chi connectivity index (χ4v) is 3.49. The lowest BCUT2D eigenvalue weighted by molar-refractivity contribution is -0.124. The van der Waals surface area contributed by atoms with Gasteiger partial charge in [-0.1, -0.05) is 41.9 Å². The van der Waals surface area contributed by atoms with E-state index in [0.29, 0.717) is 10.6 Å². The lowest BCUT2D eigenvalue weighted by Gasteiger charge is -2.23. The molecule has 0 aliphatic carbocycles. The molecular weight excluding hydrogens is 346 g/mol. The molecule has 0 saturated heterocycles. The number of para-hydroxylation sites is 1. The van der Waals surface area contributed by atoms with Crippen LogP contribution in [0.3, 0.4) is 0 Å². The Morgan fingerprint density at radius 3 is 2.83 bits per heavy atom. The van der Waals surface area contributed by atoms with Gasteiger partial charge in [0.15, 0.2) is 0 Å². The van der Waals surface area contributed by atoms with E-state index in [1.807, 2.05) is 36.4 Å². The number of carbonyl (C=O) groups is 2. The van der Waals surface area contributed by atoms with E-state index >= 15 is 0 Å². The number of rotatable bonds is 4. The van der Waals surface area contributed by atoms with Crippen molar-refractivity contribution in [3.8, 4) is 0 Å². The van der Waals surface area contributed by atoms with Crippen LogP contribution in [-0.2, 0) is 9.59 Å². The first kappa shape index (κ1) is 16.5. The predicted molar refractivity (Wildman–Crippen MR) is 96.5 cm³/mol. The Labute approximate surface area is 148 Å². The molecule has 0 fully saturated rings. The summed E-state index contributed by atoms with van der Waals surface area (Å²) in [6, 6.07) is 14.7. The van der Waals surface area contributed by atoms with Crippen LogP contribution in [0.4, 0.5) is 5.69 Å². The highest BCUT2D eigenvalue weighted by atomic mass is 35.5. The minimum Gasteiger partial charge on any atom is -0.324 e. The summed E-state index contributed by atoms with van der Waals surface area (Å²) in [5, 5.41) is 6.77. The third-order valence-corrected chi connectivity index (χ3v) is 4.99. The number of anilines is 1. The number of hydrogen-bond acceptors (Lipinski definition) is 4. The molecule has 2 aromatic carbocycles. The van der Waals surface area contributed by atoms with Crippen LogP contribution in [0.25, 0.3) is 0 Å². The third-order valence-electron chi connectivity index (χ3n) is 3.38. The van der Waals surface area contributed by atoms with Crippen LogP contribution >= 0.6 is 23.4 Å². The van der Waals surface area contributed by atoms with Crippen molar-refractivity contribution in [1.29, 1.82) is 0 Å². The lowest BCUT2D eigenvalue weighted by atomic mass is 10.2. The molecular formula is C17H14ClN3O2S. The van der Waals surface area contributed by atoms with Crippen LogP contribution < -0.4 is 10.7 Å². The van der Waals surface area contributed by atoms with Crippen molar-refractivity contribution in [2.24, 2.45) is 5.10 Å². The van der Waals surface area contributed by atoms with E-state index in [4.69, 9.17) is 11.6 Å². The summed E-state index contributed by atoms with van der Waals surface area (Å²) in [4.78, 5) is 25.0. The molecule has 0 unspecified atom stereocenters. The monoisotopic (exact) mass is 359 g/mol. The average Bonchev–Trinajstić information content (AvgIpc) is 2.57. The van der Waals surface area contributed by atoms with Gasteiger partial charge in [-0.3, -0.25) is 9.59 Å². The predicted octanol–water partition coefficient (Wildman–Crippen LogP) is 3.29. The maximum atomic E-state index is 12.1. The Bertz CT molecular complexity index is 810. The van der Waals surface area contributed by atoms with E-state index in [-0.39, 0.29) is 18.2 Å². The fraction of sp³-hybridized carbons (Fsp3) is 0.118. The summed E-state index contributed by atoms with van der Waals surface area (Å²) >= 11 is 7.38. The van der Waals surface area contributed by atoms with E-state index in [0.717, 1.165) is 10.6 Å². The zero-order valence-corrected chi connectivity index (χ0v) is 14.1. The normalized spacial score (nSPS) is 16.5. The lowest BCUT2D eigenvalue weighted by Crippen LogP contribution is -2.33. The van der Waals surface area contributed by atoms with Crippen molar-refractivity contribution < 1.29 is 9.59 Å². The van der Waals surface area contributed by atoms with Gasteiger partial charge in [0.25, 0.3) is 0 Å². The van der Waals surface area contributed by atoms with Gasteiger partial charge in [-0.25, -0.2) is 5.43 Å². The molecule has 5 nitrogen and oxygen atoms in total. The Morgan fingerprint density at radius 2 is 2.00 bits per heavy atom. The number of hydrogen-bond donors (Lipinski definition) is 2. The first-order chi connectivity index (χ1) is 11.6. The molecule has 0 aromatic heterocycles. The number of halogens is 1. The molecule has 0 bridgehead atoms. The van der Waals surface area contributed by atoms with Crippen LogP contribution in [0.2, 0.25) is 5.02 Å². The van der Waals surface area contributed by atoms with Crippen molar-refractivity contribution in [2.75, 3.05) is 5.32 Å². The van der Waals surface area contributed by atoms with Crippen LogP contribution in [0.5, 0.6) is 0 Å². The van der Waals surface area contributed by atoms with E-state index < -0.39 is 5.25 Å². The first-order valence-corrected chi connectivity index (χ1v) is 8.52. The first-order valence-electron chi connectivity index (χ1n) is 7.26. The molecule has 1 atom stereocenters. The summed E-state index contributed by atoms with van der Waals surface area (Å²) < 4.78 is 0. The SMILES string of the molecule is O=C(C[C@@H]1Sc2ccccc2NC1=O)N/N=C\c1ccccc1Cl. The summed E-state index contributed by atoms with van der Waals surface area (Å²) in [5.41, 5.74) is 3.91. The van der Waals surface area contributed by atoms with Crippen molar-refractivity contribution in [1.82, 2.24) is 5.43 Å². The second-order valence-corrected chi connectivity index (χ2v) is 6.76. The Morgan fingerprint density at radius 1 is 1.25 bits per heavy atom. The fourth-order valence-electron chi connectivity index (χ4n) is 2.19. The molecule has 2 N–H and O–H groups in total. The quantitative estimate of drug-likeness (QED) is 0.650. The largest absolute Gasteiger partial charge is 0.324 e. The number of thioether (sulfide) groups is 1. The number of carbonyl (C=O) groups excluding carboxylic acids is 2. The van der Waals surface area contributed by atoms with Crippen molar-refractivity contribution >= 4 is 47.1 Å². The van der Waals surface area contributed by atoms with Crippen LogP contribution in [-0.4, -0.2) is 23.3 Å². The molecule has 1 aliphatic rings. The molecule has 0 saturated carbocycles. The Balaban J connectivity index is 1.58. The highest BCUT2D eigenvalue weighted by molar-refractivity contribution is 8.01. The minimum absolute atomic E-state index is 0.0463. The third kappa shape index (κ3) is 3.96. The van der Waals surface area contributed by atoms with Gasteiger partial charge in [0, 0.05) is 21.9 Å². The van der Waals surface area contributed by atoms with Gasteiger partial charge in [-0.05, 0) is 18.2 Å². The molecule has 1 aliphatic heterocycles. The van der Waals surface area contributed by atoms with Gasteiger partial charge >= 0.3 is 0 Å². The van der Waals surface area contributed by atoms with Gasteiger partial charge in [0.2, 0.25) is 11.8 Å². The maximum absolute atomic E-state index is 12.1. The van der Waals surface area contributed by atoms with Crippen molar-refractivity contribution in [2.45, 2.75) is 16.6 Å². The maximum Gasteiger partial charge on any atom is 0.241 e. The van der Waals surface area contributed by atoms with E-state index in [1.165, 1.54) is 18.0 Å². The Kier molecular flexibility index (Phi) is 5.17. The van der Waals surface area contributed by atoms with E-state index in [2.05, 4.69) is 15.8 Å². The highest BCUT2D eigenvalue weighted by Crippen LogP contribution is 2.36. The second kappa shape index (κ2) is 7.51. The Hall–Kier alpha value is -2.31.